The van der Waals surface area contributed by atoms with Crippen LogP contribution >= 0.6 is 15.9 Å². The quantitative estimate of drug-likeness (QED) is 0.706. The standard InChI is InChI=1S/C10H10BrF3/c1-2-8-5-7(6-11)3-4-9(8)10(12,13)14/h3-5H,2,6H2,1H3. The molecule has 0 heterocycles. The number of hydrogen-bond acceptors (Lipinski definition) is 0. The minimum Gasteiger partial charge on any atom is -0.166 e. The smallest absolute Gasteiger partial charge is 0.166 e. The molecule has 0 aliphatic rings. The zero-order valence-electron chi connectivity index (χ0n) is 7.66. The maximum Gasteiger partial charge on any atom is 0.416 e. The van der Waals surface area contributed by atoms with Gasteiger partial charge < -0.3 is 0 Å². The molecule has 1 rings (SSSR count). The summed E-state index contributed by atoms with van der Waals surface area (Å²) in [4.78, 5) is 0. The summed E-state index contributed by atoms with van der Waals surface area (Å²) >= 11 is 3.21. The topological polar surface area (TPSA) is 0 Å². The van der Waals surface area contributed by atoms with E-state index in [-0.39, 0.29) is 0 Å². The molecule has 0 N–H and O–H groups in total. The van der Waals surface area contributed by atoms with Gasteiger partial charge in [-0.05, 0) is 23.6 Å². The Labute approximate surface area is 89.3 Å². The van der Waals surface area contributed by atoms with Gasteiger partial charge in [0.1, 0.15) is 0 Å². The molecule has 4 heteroatoms. The monoisotopic (exact) mass is 266 g/mol. The highest BCUT2D eigenvalue weighted by Crippen LogP contribution is 2.32. The van der Waals surface area contributed by atoms with Gasteiger partial charge in [0.05, 0.1) is 5.56 Å². The van der Waals surface area contributed by atoms with Crippen molar-refractivity contribution in [1.82, 2.24) is 0 Å². The van der Waals surface area contributed by atoms with E-state index >= 15 is 0 Å². The molecule has 0 aromatic heterocycles. The first-order valence-corrected chi connectivity index (χ1v) is 5.36. The lowest BCUT2D eigenvalue weighted by Gasteiger charge is -2.12. The number of hydrogen-bond donors (Lipinski definition) is 0. The van der Waals surface area contributed by atoms with Crippen molar-refractivity contribution in [2.45, 2.75) is 24.9 Å². The van der Waals surface area contributed by atoms with E-state index in [1.165, 1.54) is 6.07 Å². The summed E-state index contributed by atoms with van der Waals surface area (Å²) in [6.45, 7) is 1.72. The van der Waals surface area contributed by atoms with Crippen LogP contribution in [-0.4, -0.2) is 0 Å². The Morgan fingerprint density at radius 2 is 1.93 bits per heavy atom. The van der Waals surface area contributed by atoms with Crippen molar-refractivity contribution >= 4 is 15.9 Å². The second kappa shape index (κ2) is 4.34. The maximum absolute atomic E-state index is 12.5. The van der Waals surface area contributed by atoms with Crippen LogP contribution in [0.2, 0.25) is 0 Å². The predicted octanol–water partition coefficient (Wildman–Crippen LogP) is 4.16. The maximum atomic E-state index is 12.5. The molecule has 0 spiro atoms. The summed E-state index contributed by atoms with van der Waals surface area (Å²) in [7, 11) is 0. The highest BCUT2D eigenvalue weighted by atomic mass is 79.9. The minimum absolute atomic E-state index is 0.356. The van der Waals surface area contributed by atoms with Gasteiger partial charge in [0.15, 0.2) is 0 Å². The van der Waals surface area contributed by atoms with Crippen LogP contribution in [0.5, 0.6) is 0 Å². The van der Waals surface area contributed by atoms with Gasteiger partial charge in [0, 0.05) is 5.33 Å². The van der Waals surface area contributed by atoms with Crippen LogP contribution in [0.3, 0.4) is 0 Å². The number of halogens is 4. The van der Waals surface area contributed by atoms with Gasteiger partial charge in [-0.3, -0.25) is 0 Å². The minimum atomic E-state index is -4.24. The second-order valence-electron chi connectivity index (χ2n) is 2.98. The van der Waals surface area contributed by atoms with Gasteiger partial charge in [0.2, 0.25) is 0 Å². The van der Waals surface area contributed by atoms with Gasteiger partial charge >= 0.3 is 6.18 Å². The summed E-state index contributed by atoms with van der Waals surface area (Å²) in [6, 6.07) is 4.24. The third kappa shape index (κ3) is 2.50. The lowest BCUT2D eigenvalue weighted by Crippen LogP contribution is -2.09. The third-order valence-electron chi connectivity index (χ3n) is 2.01. The first-order chi connectivity index (χ1) is 6.49. The van der Waals surface area contributed by atoms with E-state index in [0.29, 0.717) is 17.3 Å². The van der Waals surface area contributed by atoms with E-state index in [0.717, 1.165) is 11.6 Å². The van der Waals surface area contributed by atoms with Gasteiger partial charge in [0.25, 0.3) is 0 Å². The molecular weight excluding hydrogens is 257 g/mol. The van der Waals surface area contributed by atoms with Crippen LogP contribution in [0, 0.1) is 0 Å². The molecule has 0 amide bonds. The lowest BCUT2D eigenvalue weighted by atomic mass is 10.0. The van der Waals surface area contributed by atoms with Gasteiger partial charge in [-0.2, -0.15) is 13.2 Å². The average molecular weight is 267 g/mol. The number of benzene rings is 1. The van der Waals surface area contributed by atoms with Gasteiger partial charge in [-0.15, -0.1) is 0 Å². The van der Waals surface area contributed by atoms with Crippen molar-refractivity contribution in [2.75, 3.05) is 0 Å². The molecule has 0 bridgehead atoms. The SMILES string of the molecule is CCc1cc(CBr)ccc1C(F)(F)F. The van der Waals surface area contributed by atoms with Crippen LogP contribution < -0.4 is 0 Å². The number of rotatable bonds is 2. The molecular formula is C10H10BrF3. The summed E-state index contributed by atoms with van der Waals surface area (Å²) in [5.74, 6) is 0. The normalized spacial score (nSPS) is 11.8. The van der Waals surface area contributed by atoms with E-state index in [4.69, 9.17) is 0 Å². The summed E-state index contributed by atoms with van der Waals surface area (Å²) in [5.41, 5.74) is 0.703. The Balaban J connectivity index is 3.18. The highest BCUT2D eigenvalue weighted by molar-refractivity contribution is 9.08. The largest absolute Gasteiger partial charge is 0.416 e. The highest BCUT2D eigenvalue weighted by Gasteiger charge is 2.32. The average Bonchev–Trinajstić information content (AvgIpc) is 2.15. The molecule has 0 aliphatic carbocycles. The van der Waals surface area contributed by atoms with E-state index < -0.39 is 11.7 Å². The Kier molecular flexibility index (Phi) is 3.59. The molecule has 0 saturated carbocycles. The molecule has 0 nitrogen and oxygen atoms in total. The fourth-order valence-corrected chi connectivity index (χ4v) is 1.65. The number of aryl methyl sites for hydroxylation is 1. The predicted molar refractivity (Wildman–Crippen MR) is 53.5 cm³/mol. The Morgan fingerprint density at radius 3 is 2.36 bits per heavy atom. The fraction of sp³-hybridized carbons (Fsp3) is 0.400. The van der Waals surface area contributed by atoms with Crippen LogP contribution in [0.4, 0.5) is 13.2 Å². The van der Waals surface area contributed by atoms with Crippen molar-refractivity contribution < 1.29 is 13.2 Å². The van der Waals surface area contributed by atoms with Gasteiger partial charge in [-0.1, -0.05) is 35.0 Å². The molecule has 0 aliphatic heterocycles. The van der Waals surface area contributed by atoms with E-state index in [1.54, 1.807) is 13.0 Å². The summed E-state index contributed by atoms with van der Waals surface area (Å²) < 4.78 is 37.4. The van der Waals surface area contributed by atoms with E-state index in [9.17, 15) is 13.2 Å². The lowest BCUT2D eigenvalue weighted by molar-refractivity contribution is -0.138. The number of alkyl halides is 4. The molecule has 0 saturated heterocycles. The molecule has 0 unspecified atom stereocenters. The van der Waals surface area contributed by atoms with E-state index in [1.807, 2.05) is 0 Å². The van der Waals surface area contributed by atoms with Crippen LogP contribution in [0.25, 0.3) is 0 Å². The molecule has 78 valence electrons. The molecule has 0 atom stereocenters. The van der Waals surface area contributed by atoms with Crippen LogP contribution in [-0.2, 0) is 17.9 Å². The fourth-order valence-electron chi connectivity index (χ4n) is 1.30. The summed E-state index contributed by atoms with van der Waals surface area (Å²) in [5, 5.41) is 0.581. The molecule has 14 heavy (non-hydrogen) atoms. The van der Waals surface area contributed by atoms with Gasteiger partial charge in [-0.25, -0.2) is 0 Å². The van der Waals surface area contributed by atoms with Crippen molar-refractivity contribution in [1.29, 1.82) is 0 Å². The van der Waals surface area contributed by atoms with E-state index in [2.05, 4.69) is 15.9 Å². The second-order valence-corrected chi connectivity index (χ2v) is 3.54. The molecule has 0 fully saturated rings. The van der Waals surface area contributed by atoms with Crippen LogP contribution in [0.1, 0.15) is 23.6 Å². The van der Waals surface area contributed by atoms with Crippen LogP contribution in [0.15, 0.2) is 18.2 Å². The Morgan fingerprint density at radius 1 is 1.29 bits per heavy atom. The molecule has 0 radical (unpaired) electrons. The molecule has 1 aromatic rings. The van der Waals surface area contributed by atoms with Crippen molar-refractivity contribution in [3.05, 3.63) is 34.9 Å². The van der Waals surface area contributed by atoms with Crippen molar-refractivity contribution in [3.8, 4) is 0 Å². The first-order valence-electron chi connectivity index (χ1n) is 4.24. The third-order valence-corrected chi connectivity index (χ3v) is 2.66. The first kappa shape index (κ1) is 11.6. The zero-order chi connectivity index (χ0) is 10.8. The zero-order valence-corrected chi connectivity index (χ0v) is 9.24. The van der Waals surface area contributed by atoms with Crippen molar-refractivity contribution in [2.24, 2.45) is 0 Å². The molecule has 1 aromatic carbocycles. The summed E-state index contributed by atoms with van der Waals surface area (Å²) in [6.07, 6.45) is -3.84. The Hall–Kier alpha value is -0.510. The Bertz CT molecular complexity index is 318. The van der Waals surface area contributed by atoms with Crippen molar-refractivity contribution in [3.63, 3.8) is 0 Å².